The number of benzene rings is 1. The molecule has 0 bridgehead atoms. The van der Waals surface area contributed by atoms with E-state index in [9.17, 15) is 14.9 Å². The van der Waals surface area contributed by atoms with Crippen LogP contribution in [0.2, 0.25) is 5.02 Å². The molecular formula is C12H11ClN4O3. The van der Waals surface area contributed by atoms with Crippen LogP contribution in [0.25, 0.3) is 0 Å². The molecule has 0 saturated heterocycles. The maximum Gasteiger partial charge on any atom is 0.285 e. The Kier molecular flexibility index (Phi) is 3.99. The summed E-state index contributed by atoms with van der Waals surface area (Å²) in [5.74, 6) is 0. The van der Waals surface area contributed by atoms with Crippen LogP contribution >= 0.6 is 11.6 Å². The topological polar surface area (TPSA) is 92.1 Å². The fraction of sp³-hybridized carbons (Fsp3) is 0.167. The van der Waals surface area contributed by atoms with Gasteiger partial charge in [0.25, 0.3) is 11.2 Å². The van der Waals surface area contributed by atoms with Crippen LogP contribution in [-0.4, -0.2) is 22.2 Å². The number of nitrogens with zero attached hydrogens (tertiary/aromatic N) is 3. The number of nitro groups is 1. The molecule has 0 amide bonds. The first-order chi connectivity index (χ1) is 9.50. The number of anilines is 1. The molecule has 0 aliphatic heterocycles. The average molecular weight is 295 g/mol. The van der Waals surface area contributed by atoms with Crippen molar-refractivity contribution in [2.45, 2.75) is 6.54 Å². The van der Waals surface area contributed by atoms with Gasteiger partial charge in [-0.1, -0.05) is 29.8 Å². The van der Waals surface area contributed by atoms with Crippen LogP contribution in [0.5, 0.6) is 0 Å². The van der Waals surface area contributed by atoms with Crippen LogP contribution in [-0.2, 0) is 6.54 Å². The predicted molar refractivity (Wildman–Crippen MR) is 75.1 cm³/mol. The van der Waals surface area contributed by atoms with Gasteiger partial charge in [0.05, 0.1) is 16.8 Å². The van der Waals surface area contributed by atoms with Crippen molar-refractivity contribution < 1.29 is 4.92 Å². The summed E-state index contributed by atoms with van der Waals surface area (Å²) in [7, 11) is 1.68. The minimum Gasteiger partial charge on any atom is -0.367 e. The second-order valence-corrected chi connectivity index (χ2v) is 4.52. The van der Waals surface area contributed by atoms with Crippen molar-refractivity contribution in [2.75, 3.05) is 11.9 Å². The van der Waals surface area contributed by atoms with Gasteiger partial charge >= 0.3 is 0 Å². The molecule has 0 saturated carbocycles. The van der Waals surface area contributed by atoms with Gasteiger partial charge in [0.2, 0.25) is 0 Å². The maximum atomic E-state index is 11.4. The van der Waals surface area contributed by atoms with E-state index in [1.807, 2.05) is 0 Å². The van der Waals surface area contributed by atoms with E-state index >= 15 is 0 Å². The summed E-state index contributed by atoms with van der Waals surface area (Å²) < 4.78 is 0. The van der Waals surface area contributed by atoms with Gasteiger partial charge in [-0.2, -0.15) is 5.10 Å². The first kappa shape index (κ1) is 14.0. The SMILES string of the molecule is CN(Cc1ccccc1[N+](=O)[O-])c1cn[nH]c(=O)c1Cl. The van der Waals surface area contributed by atoms with Crippen molar-refractivity contribution in [2.24, 2.45) is 0 Å². The molecule has 0 aliphatic rings. The molecule has 2 rings (SSSR count). The fourth-order valence-corrected chi connectivity index (χ4v) is 2.04. The third-order valence-electron chi connectivity index (χ3n) is 2.78. The van der Waals surface area contributed by atoms with E-state index < -0.39 is 10.5 Å². The molecule has 1 aromatic carbocycles. The average Bonchev–Trinajstić information content (AvgIpc) is 2.42. The van der Waals surface area contributed by atoms with Crippen molar-refractivity contribution in [3.8, 4) is 0 Å². The quantitative estimate of drug-likeness (QED) is 0.687. The molecule has 0 radical (unpaired) electrons. The maximum absolute atomic E-state index is 11.4. The van der Waals surface area contributed by atoms with Crippen LogP contribution in [0, 0.1) is 10.1 Å². The lowest BCUT2D eigenvalue weighted by molar-refractivity contribution is -0.385. The van der Waals surface area contributed by atoms with Crippen LogP contribution < -0.4 is 10.5 Å². The third kappa shape index (κ3) is 2.77. The molecule has 0 aliphatic carbocycles. The number of H-pyrrole nitrogens is 1. The zero-order valence-corrected chi connectivity index (χ0v) is 11.3. The summed E-state index contributed by atoms with van der Waals surface area (Å²) in [5, 5.41) is 16.8. The fourth-order valence-electron chi connectivity index (χ4n) is 1.80. The lowest BCUT2D eigenvalue weighted by Gasteiger charge is -2.19. The molecule has 0 atom stereocenters. The monoisotopic (exact) mass is 294 g/mol. The van der Waals surface area contributed by atoms with Crippen LogP contribution in [0.3, 0.4) is 0 Å². The minimum atomic E-state index is -0.501. The largest absolute Gasteiger partial charge is 0.367 e. The second kappa shape index (κ2) is 5.70. The molecule has 0 fully saturated rings. The Balaban J connectivity index is 2.33. The number of nitrogens with one attached hydrogen (secondary N) is 1. The summed E-state index contributed by atoms with van der Waals surface area (Å²) in [6.45, 7) is 0.238. The minimum absolute atomic E-state index is 0.00100. The molecule has 20 heavy (non-hydrogen) atoms. The van der Waals surface area contributed by atoms with Gasteiger partial charge in [-0.15, -0.1) is 0 Å². The smallest absolute Gasteiger partial charge is 0.285 e. The second-order valence-electron chi connectivity index (χ2n) is 4.14. The highest BCUT2D eigenvalue weighted by Crippen LogP contribution is 2.24. The van der Waals surface area contributed by atoms with Gasteiger partial charge in [0, 0.05) is 25.2 Å². The Morgan fingerprint density at radius 1 is 1.45 bits per heavy atom. The van der Waals surface area contributed by atoms with Gasteiger partial charge in [0.1, 0.15) is 5.02 Å². The predicted octanol–water partition coefficient (Wildman–Crippen LogP) is 1.97. The number of nitro benzene ring substituents is 1. The Labute approximate surface area is 119 Å². The van der Waals surface area contributed by atoms with Crippen molar-refractivity contribution in [3.05, 3.63) is 61.5 Å². The van der Waals surface area contributed by atoms with E-state index in [-0.39, 0.29) is 17.3 Å². The molecule has 104 valence electrons. The summed E-state index contributed by atoms with van der Waals surface area (Å²) in [6, 6.07) is 6.40. The number of para-hydroxylation sites is 1. The summed E-state index contributed by atoms with van der Waals surface area (Å²) >= 11 is 5.90. The highest BCUT2D eigenvalue weighted by molar-refractivity contribution is 6.32. The van der Waals surface area contributed by atoms with Gasteiger partial charge < -0.3 is 4.90 Å². The first-order valence-electron chi connectivity index (χ1n) is 5.67. The van der Waals surface area contributed by atoms with Crippen molar-refractivity contribution >= 4 is 23.0 Å². The van der Waals surface area contributed by atoms with Crippen LogP contribution in [0.15, 0.2) is 35.3 Å². The Morgan fingerprint density at radius 2 is 2.15 bits per heavy atom. The van der Waals surface area contributed by atoms with Crippen molar-refractivity contribution in [3.63, 3.8) is 0 Å². The number of aromatic amines is 1. The molecule has 0 spiro atoms. The highest BCUT2D eigenvalue weighted by atomic mass is 35.5. The Hall–Kier alpha value is -2.41. The number of rotatable bonds is 4. The van der Waals surface area contributed by atoms with E-state index in [1.54, 1.807) is 30.1 Å². The standard InChI is InChI=1S/C12H11ClN4O3/c1-16(10-6-14-15-12(18)11(10)13)7-8-4-2-3-5-9(8)17(19)20/h2-6H,7H2,1H3,(H,15,18). The summed E-state index contributed by atoms with van der Waals surface area (Å²) in [4.78, 5) is 23.5. The first-order valence-corrected chi connectivity index (χ1v) is 6.05. The van der Waals surface area contributed by atoms with Crippen LogP contribution in [0.1, 0.15) is 5.56 Å². The molecule has 8 heteroatoms. The lowest BCUT2D eigenvalue weighted by Crippen LogP contribution is -2.21. The number of hydrogen-bond donors (Lipinski definition) is 1. The summed E-state index contributed by atoms with van der Waals surface area (Å²) in [5.41, 5.74) is 0.455. The summed E-state index contributed by atoms with van der Waals surface area (Å²) in [6.07, 6.45) is 1.40. The Bertz CT molecular complexity index is 701. The molecular weight excluding hydrogens is 284 g/mol. The van der Waals surface area contributed by atoms with Crippen molar-refractivity contribution in [1.82, 2.24) is 10.2 Å². The molecule has 2 aromatic rings. The van der Waals surface area contributed by atoms with Crippen LogP contribution in [0.4, 0.5) is 11.4 Å². The molecule has 1 N–H and O–H groups in total. The molecule has 1 heterocycles. The van der Waals surface area contributed by atoms with Gasteiger partial charge in [-0.25, -0.2) is 5.10 Å². The number of hydrogen-bond acceptors (Lipinski definition) is 5. The van der Waals surface area contributed by atoms with E-state index in [2.05, 4.69) is 10.2 Å². The van der Waals surface area contributed by atoms with E-state index in [0.29, 0.717) is 11.3 Å². The van der Waals surface area contributed by atoms with E-state index in [0.717, 1.165) is 0 Å². The highest BCUT2D eigenvalue weighted by Gasteiger charge is 2.16. The molecule has 1 aromatic heterocycles. The van der Waals surface area contributed by atoms with Gasteiger partial charge in [-0.05, 0) is 0 Å². The zero-order chi connectivity index (χ0) is 14.7. The number of aromatic nitrogens is 2. The Morgan fingerprint density at radius 3 is 2.85 bits per heavy atom. The van der Waals surface area contributed by atoms with Crippen molar-refractivity contribution in [1.29, 1.82) is 0 Å². The number of halogens is 1. The third-order valence-corrected chi connectivity index (χ3v) is 3.15. The van der Waals surface area contributed by atoms with E-state index in [1.165, 1.54) is 12.3 Å². The molecule has 0 unspecified atom stereocenters. The normalized spacial score (nSPS) is 10.3. The molecule has 7 nitrogen and oxygen atoms in total. The van der Waals surface area contributed by atoms with Gasteiger partial charge in [0.15, 0.2) is 0 Å². The lowest BCUT2D eigenvalue weighted by atomic mass is 10.1. The zero-order valence-electron chi connectivity index (χ0n) is 10.5. The van der Waals surface area contributed by atoms with E-state index in [4.69, 9.17) is 11.6 Å². The van der Waals surface area contributed by atoms with Gasteiger partial charge in [-0.3, -0.25) is 14.9 Å².